The highest BCUT2D eigenvalue weighted by molar-refractivity contribution is 6.04. The third-order valence-corrected chi connectivity index (χ3v) is 6.98. The van der Waals surface area contributed by atoms with Crippen LogP contribution in [0, 0.1) is 23.5 Å². The van der Waals surface area contributed by atoms with Crippen molar-refractivity contribution < 1.29 is 18.3 Å². The summed E-state index contributed by atoms with van der Waals surface area (Å²) in [6.45, 7) is 1.91. The first-order valence-electron chi connectivity index (χ1n) is 11.1. The second-order valence-electron chi connectivity index (χ2n) is 8.98. The number of rotatable bonds is 4. The molecular formula is C25H22F2N4O2. The Morgan fingerprint density at radius 1 is 1.03 bits per heavy atom. The number of ether oxygens (including phenoxy) is 1. The summed E-state index contributed by atoms with van der Waals surface area (Å²) in [7, 11) is 0. The summed E-state index contributed by atoms with van der Waals surface area (Å²) in [6.07, 6.45) is 4.11. The summed E-state index contributed by atoms with van der Waals surface area (Å²) < 4.78 is 34.4. The predicted molar refractivity (Wildman–Crippen MR) is 118 cm³/mol. The molecule has 2 N–H and O–H groups in total. The summed E-state index contributed by atoms with van der Waals surface area (Å²) in [5, 5.41) is 5.89. The number of pyridine rings is 2. The lowest BCUT2D eigenvalue weighted by molar-refractivity contribution is 0.0966. The van der Waals surface area contributed by atoms with Crippen molar-refractivity contribution in [3.8, 4) is 11.3 Å². The Morgan fingerprint density at radius 3 is 2.48 bits per heavy atom. The van der Waals surface area contributed by atoms with E-state index in [0.29, 0.717) is 40.5 Å². The van der Waals surface area contributed by atoms with Crippen LogP contribution in [-0.2, 0) is 11.3 Å². The van der Waals surface area contributed by atoms with Gasteiger partial charge in [0.15, 0.2) is 0 Å². The summed E-state index contributed by atoms with van der Waals surface area (Å²) in [4.78, 5) is 21.3. The second kappa shape index (κ2) is 7.88. The topological polar surface area (TPSA) is 76.1 Å². The number of benzene rings is 1. The van der Waals surface area contributed by atoms with E-state index >= 15 is 0 Å². The van der Waals surface area contributed by atoms with E-state index in [1.54, 1.807) is 0 Å². The lowest BCUT2D eigenvalue weighted by Crippen LogP contribution is -2.13. The highest BCUT2D eigenvalue weighted by Gasteiger charge is 2.38. The number of nitrogens with one attached hydrogen (secondary N) is 2. The lowest BCUT2D eigenvalue weighted by atomic mass is 9.98. The summed E-state index contributed by atoms with van der Waals surface area (Å²) in [6, 6.07) is 9.12. The molecule has 1 amide bonds. The number of amides is 1. The summed E-state index contributed by atoms with van der Waals surface area (Å²) in [5.41, 5.74) is 2.33. The average Bonchev–Trinajstić information content (AvgIpc) is 3.50. The number of hydrogen-bond acceptors (Lipinski definition) is 5. The van der Waals surface area contributed by atoms with E-state index in [2.05, 4.69) is 26.7 Å². The van der Waals surface area contributed by atoms with E-state index in [1.165, 1.54) is 29.8 Å². The SMILES string of the molecule is O=C1NCc2nc(-c3c(F)cccc3F)cc(Nc3ccc(C4C[C@H]5COC[C@H]5C4)cn3)c21. The standard InChI is InChI=1S/C25H22F2N4O2/c26-17-2-1-3-18(27)23(17)19-8-20(24-21(30-19)10-29-25(24)32)31-22-5-4-13(9-28-22)14-6-15-11-33-12-16(15)7-14/h1-5,8-9,14-16H,6-7,10-12H2,(H,29,32)(H,28,30,31)/t14?,15-,16+. The fraction of sp³-hybridized carbons (Fsp3) is 0.320. The molecule has 0 bridgehead atoms. The molecule has 1 saturated heterocycles. The number of aromatic nitrogens is 2. The Hall–Kier alpha value is -3.39. The maximum absolute atomic E-state index is 14.4. The molecule has 8 heteroatoms. The highest BCUT2D eigenvalue weighted by Crippen LogP contribution is 2.45. The van der Waals surface area contributed by atoms with Crippen molar-refractivity contribution in [2.24, 2.45) is 11.8 Å². The largest absolute Gasteiger partial charge is 0.381 e. The second-order valence-corrected chi connectivity index (χ2v) is 8.98. The Bertz CT molecular complexity index is 1220. The number of carbonyl (C=O) groups is 1. The molecule has 3 aliphatic rings. The van der Waals surface area contributed by atoms with Gasteiger partial charge in [0.05, 0.1) is 34.7 Å². The zero-order chi connectivity index (χ0) is 22.5. The molecule has 2 aliphatic heterocycles. The number of nitrogens with zero attached hydrogens (tertiary/aromatic N) is 2. The zero-order valence-corrected chi connectivity index (χ0v) is 17.8. The van der Waals surface area contributed by atoms with Gasteiger partial charge >= 0.3 is 0 Å². The van der Waals surface area contributed by atoms with Gasteiger partial charge in [0, 0.05) is 19.4 Å². The van der Waals surface area contributed by atoms with Crippen LogP contribution in [0.15, 0.2) is 42.6 Å². The maximum Gasteiger partial charge on any atom is 0.255 e. The van der Waals surface area contributed by atoms with Crippen LogP contribution in [-0.4, -0.2) is 29.1 Å². The van der Waals surface area contributed by atoms with Crippen LogP contribution in [0.3, 0.4) is 0 Å². The van der Waals surface area contributed by atoms with Gasteiger partial charge in [-0.1, -0.05) is 12.1 Å². The van der Waals surface area contributed by atoms with Crippen LogP contribution in [0.2, 0.25) is 0 Å². The fourth-order valence-corrected chi connectivity index (χ4v) is 5.32. The number of anilines is 2. The molecule has 1 saturated carbocycles. The summed E-state index contributed by atoms with van der Waals surface area (Å²) >= 11 is 0. The van der Waals surface area contributed by atoms with Gasteiger partial charge < -0.3 is 15.4 Å². The van der Waals surface area contributed by atoms with Crippen molar-refractivity contribution in [1.29, 1.82) is 0 Å². The molecular weight excluding hydrogens is 426 g/mol. The Balaban J connectivity index is 1.31. The first-order valence-corrected chi connectivity index (χ1v) is 11.1. The smallest absolute Gasteiger partial charge is 0.255 e. The summed E-state index contributed by atoms with van der Waals surface area (Å²) in [5.74, 6) is 0.618. The minimum absolute atomic E-state index is 0.125. The zero-order valence-electron chi connectivity index (χ0n) is 17.8. The van der Waals surface area contributed by atoms with E-state index in [9.17, 15) is 13.6 Å². The van der Waals surface area contributed by atoms with Crippen molar-refractivity contribution in [3.05, 3.63) is 71.1 Å². The van der Waals surface area contributed by atoms with Crippen LogP contribution in [0.4, 0.5) is 20.3 Å². The van der Waals surface area contributed by atoms with E-state index in [0.717, 1.165) is 26.1 Å². The van der Waals surface area contributed by atoms with Gasteiger partial charge in [-0.25, -0.2) is 18.7 Å². The molecule has 4 heterocycles. The average molecular weight is 448 g/mol. The monoisotopic (exact) mass is 448 g/mol. The van der Waals surface area contributed by atoms with Gasteiger partial charge in [0.2, 0.25) is 0 Å². The van der Waals surface area contributed by atoms with Crippen molar-refractivity contribution >= 4 is 17.4 Å². The quantitative estimate of drug-likeness (QED) is 0.613. The molecule has 1 aliphatic carbocycles. The van der Waals surface area contributed by atoms with Crippen LogP contribution in [0.1, 0.15) is 40.4 Å². The molecule has 2 fully saturated rings. The molecule has 0 spiro atoms. The van der Waals surface area contributed by atoms with Crippen LogP contribution in [0.5, 0.6) is 0 Å². The first kappa shape index (κ1) is 20.2. The molecule has 6 nitrogen and oxygen atoms in total. The molecule has 33 heavy (non-hydrogen) atoms. The number of fused-ring (bicyclic) bond motifs is 2. The van der Waals surface area contributed by atoms with Gasteiger partial charge in [-0.3, -0.25) is 4.79 Å². The minimum atomic E-state index is -0.708. The highest BCUT2D eigenvalue weighted by atomic mass is 19.1. The Morgan fingerprint density at radius 2 is 1.79 bits per heavy atom. The van der Waals surface area contributed by atoms with Gasteiger partial charge in [-0.05, 0) is 60.4 Å². The van der Waals surface area contributed by atoms with Gasteiger partial charge in [0.1, 0.15) is 17.5 Å². The predicted octanol–water partition coefficient (Wildman–Crippen LogP) is 4.55. The van der Waals surface area contributed by atoms with Gasteiger partial charge in [-0.2, -0.15) is 0 Å². The molecule has 1 aromatic carbocycles. The third kappa shape index (κ3) is 3.54. The van der Waals surface area contributed by atoms with Gasteiger partial charge in [0.25, 0.3) is 5.91 Å². The molecule has 2 aromatic heterocycles. The normalized spacial score (nSPS) is 23.3. The van der Waals surface area contributed by atoms with Crippen molar-refractivity contribution in [2.45, 2.75) is 25.3 Å². The number of hydrogen-bond donors (Lipinski definition) is 2. The van der Waals surface area contributed by atoms with E-state index in [4.69, 9.17) is 4.74 Å². The van der Waals surface area contributed by atoms with Crippen molar-refractivity contribution in [1.82, 2.24) is 15.3 Å². The van der Waals surface area contributed by atoms with Gasteiger partial charge in [-0.15, -0.1) is 0 Å². The molecule has 0 radical (unpaired) electrons. The lowest BCUT2D eigenvalue weighted by Gasteiger charge is -2.14. The maximum atomic E-state index is 14.4. The van der Waals surface area contributed by atoms with Crippen LogP contribution >= 0.6 is 0 Å². The van der Waals surface area contributed by atoms with Crippen molar-refractivity contribution in [2.75, 3.05) is 18.5 Å². The minimum Gasteiger partial charge on any atom is -0.381 e. The Kier molecular flexibility index (Phi) is 4.83. The molecule has 6 rings (SSSR count). The first-order chi connectivity index (χ1) is 16.1. The Labute approximate surface area is 189 Å². The van der Waals surface area contributed by atoms with E-state index in [-0.39, 0.29) is 23.7 Å². The van der Waals surface area contributed by atoms with E-state index < -0.39 is 11.6 Å². The van der Waals surface area contributed by atoms with E-state index in [1.807, 2.05) is 12.3 Å². The molecule has 1 unspecified atom stereocenters. The molecule has 168 valence electrons. The molecule has 3 aromatic rings. The number of carbonyl (C=O) groups excluding carboxylic acids is 1. The number of halogens is 2. The fourth-order valence-electron chi connectivity index (χ4n) is 5.32. The third-order valence-electron chi connectivity index (χ3n) is 6.98. The molecule has 3 atom stereocenters. The van der Waals surface area contributed by atoms with Crippen molar-refractivity contribution in [3.63, 3.8) is 0 Å². The van der Waals surface area contributed by atoms with Crippen LogP contribution in [0.25, 0.3) is 11.3 Å². The van der Waals surface area contributed by atoms with Crippen LogP contribution < -0.4 is 10.6 Å².